The van der Waals surface area contributed by atoms with E-state index >= 15 is 0 Å². The number of amides is 1. The van der Waals surface area contributed by atoms with Crippen LogP contribution in [0, 0.1) is 0 Å². The molecular weight excluding hydrogens is 244 g/mol. The second-order valence-electron chi connectivity index (χ2n) is 5.29. The number of aromatic carboxylic acids is 1. The summed E-state index contributed by atoms with van der Waals surface area (Å²) >= 11 is 0. The molecule has 19 heavy (non-hydrogen) atoms. The Kier molecular flexibility index (Phi) is 3.93. The molecule has 1 fully saturated rings. The van der Waals surface area contributed by atoms with Gasteiger partial charge in [-0.2, -0.15) is 0 Å². The fraction of sp³-hybridized carbons (Fsp3) is 0.571. The van der Waals surface area contributed by atoms with E-state index in [1.54, 1.807) is 16.8 Å². The second-order valence-corrected chi connectivity index (χ2v) is 5.29. The molecule has 0 atom stereocenters. The number of aromatic nitrogens is 1. The van der Waals surface area contributed by atoms with Gasteiger partial charge in [0.05, 0.1) is 5.56 Å². The number of carboxylic acid groups (broad SMARTS) is 1. The third-order valence-corrected chi connectivity index (χ3v) is 3.55. The van der Waals surface area contributed by atoms with E-state index in [2.05, 4.69) is 0 Å². The Morgan fingerprint density at radius 1 is 1.32 bits per heavy atom. The van der Waals surface area contributed by atoms with Crippen molar-refractivity contribution in [3.05, 3.63) is 23.5 Å². The van der Waals surface area contributed by atoms with Crippen LogP contribution < -0.4 is 0 Å². The van der Waals surface area contributed by atoms with Crippen molar-refractivity contribution in [3.8, 4) is 0 Å². The van der Waals surface area contributed by atoms with Crippen molar-refractivity contribution in [1.29, 1.82) is 0 Å². The van der Waals surface area contributed by atoms with Gasteiger partial charge in [-0.1, -0.05) is 13.8 Å². The molecule has 1 aliphatic heterocycles. The molecule has 1 aromatic heterocycles. The average molecular weight is 264 g/mol. The smallest absolute Gasteiger partial charge is 0.337 e. The molecule has 0 saturated carbocycles. The molecule has 0 aliphatic carbocycles. The van der Waals surface area contributed by atoms with E-state index in [4.69, 9.17) is 5.11 Å². The molecule has 104 valence electrons. The van der Waals surface area contributed by atoms with Gasteiger partial charge in [0, 0.05) is 25.0 Å². The van der Waals surface area contributed by atoms with Gasteiger partial charge >= 0.3 is 5.97 Å². The van der Waals surface area contributed by atoms with E-state index in [0.717, 1.165) is 31.6 Å². The molecule has 1 aromatic rings. The monoisotopic (exact) mass is 264 g/mol. The topological polar surface area (TPSA) is 62.5 Å². The standard InChI is InChI=1S/C14H20N2O3/c1-10(2)13-11(14(18)19)5-8-16(13)9-12(17)15-6-3-4-7-15/h5,8,10H,3-4,6-7,9H2,1-2H3,(H,18,19). The lowest BCUT2D eigenvalue weighted by Gasteiger charge is -2.18. The minimum absolute atomic E-state index is 0.0759. The van der Waals surface area contributed by atoms with Gasteiger partial charge in [0.15, 0.2) is 0 Å². The zero-order valence-electron chi connectivity index (χ0n) is 11.4. The maximum absolute atomic E-state index is 12.1. The van der Waals surface area contributed by atoms with Crippen LogP contribution in [0.2, 0.25) is 0 Å². The van der Waals surface area contributed by atoms with Crippen LogP contribution in [0.3, 0.4) is 0 Å². The number of carbonyl (C=O) groups is 2. The van der Waals surface area contributed by atoms with Crippen LogP contribution in [0.15, 0.2) is 12.3 Å². The second kappa shape index (κ2) is 5.47. The highest BCUT2D eigenvalue weighted by Crippen LogP contribution is 2.21. The van der Waals surface area contributed by atoms with Gasteiger partial charge < -0.3 is 14.6 Å². The van der Waals surface area contributed by atoms with Gasteiger partial charge in [-0.15, -0.1) is 0 Å². The lowest BCUT2D eigenvalue weighted by Crippen LogP contribution is -2.31. The summed E-state index contributed by atoms with van der Waals surface area (Å²) in [6, 6.07) is 1.58. The van der Waals surface area contributed by atoms with E-state index in [0.29, 0.717) is 5.56 Å². The average Bonchev–Trinajstić information content (AvgIpc) is 2.96. The number of nitrogens with zero attached hydrogens (tertiary/aromatic N) is 2. The van der Waals surface area contributed by atoms with Crippen molar-refractivity contribution in [1.82, 2.24) is 9.47 Å². The minimum atomic E-state index is -0.934. The lowest BCUT2D eigenvalue weighted by atomic mass is 10.1. The maximum Gasteiger partial charge on any atom is 0.337 e. The molecule has 0 radical (unpaired) electrons. The molecule has 2 heterocycles. The van der Waals surface area contributed by atoms with Crippen molar-refractivity contribution in [2.75, 3.05) is 13.1 Å². The Balaban J connectivity index is 2.20. The zero-order chi connectivity index (χ0) is 14.0. The quantitative estimate of drug-likeness (QED) is 0.903. The number of carbonyl (C=O) groups excluding carboxylic acids is 1. The van der Waals surface area contributed by atoms with Crippen LogP contribution in [0.4, 0.5) is 0 Å². The summed E-state index contributed by atoms with van der Waals surface area (Å²) in [6.07, 6.45) is 3.83. The fourth-order valence-corrected chi connectivity index (χ4v) is 2.66. The first-order chi connectivity index (χ1) is 9.00. The van der Waals surface area contributed by atoms with Crippen LogP contribution in [0.1, 0.15) is 48.7 Å². The van der Waals surface area contributed by atoms with Gasteiger partial charge in [0.25, 0.3) is 0 Å². The van der Waals surface area contributed by atoms with Gasteiger partial charge in [0.1, 0.15) is 6.54 Å². The normalized spacial score (nSPS) is 15.2. The van der Waals surface area contributed by atoms with E-state index < -0.39 is 5.97 Å². The molecule has 0 spiro atoms. The summed E-state index contributed by atoms with van der Waals surface area (Å²) in [5.74, 6) is -0.782. The molecule has 0 unspecified atom stereocenters. The molecule has 0 bridgehead atoms. The van der Waals surface area contributed by atoms with Crippen molar-refractivity contribution < 1.29 is 14.7 Å². The van der Waals surface area contributed by atoms with Crippen LogP contribution in [-0.4, -0.2) is 39.5 Å². The lowest BCUT2D eigenvalue weighted by molar-refractivity contribution is -0.130. The predicted molar refractivity (Wildman–Crippen MR) is 71.3 cm³/mol. The number of likely N-dealkylation sites (tertiary alicyclic amines) is 1. The van der Waals surface area contributed by atoms with Crippen molar-refractivity contribution in [2.24, 2.45) is 0 Å². The van der Waals surface area contributed by atoms with Crippen LogP contribution in [0.5, 0.6) is 0 Å². The van der Waals surface area contributed by atoms with E-state index in [1.165, 1.54) is 0 Å². The Labute approximate surface area is 112 Å². The summed E-state index contributed by atoms with van der Waals surface area (Å²) in [6.45, 7) is 5.77. The molecule has 1 saturated heterocycles. The summed E-state index contributed by atoms with van der Waals surface area (Å²) in [5.41, 5.74) is 1.02. The highest BCUT2D eigenvalue weighted by molar-refractivity contribution is 5.89. The SMILES string of the molecule is CC(C)c1c(C(=O)O)ccn1CC(=O)N1CCCC1. The first kappa shape index (κ1) is 13.6. The Morgan fingerprint density at radius 2 is 1.95 bits per heavy atom. The summed E-state index contributed by atoms with van der Waals surface area (Å²) in [4.78, 5) is 25.2. The molecule has 0 aromatic carbocycles. The molecule has 1 amide bonds. The molecule has 5 nitrogen and oxygen atoms in total. The summed E-state index contributed by atoms with van der Waals surface area (Å²) in [5, 5.41) is 9.16. The highest BCUT2D eigenvalue weighted by Gasteiger charge is 2.22. The Bertz CT molecular complexity index is 485. The fourth-order valence-electron chi connectivity index (χ4n) is 2.66. The third-order valence-electron chi connectivity index (χ3n) is 3.55. The van der Waals surface area contributed by atoms with E-state index in [9.17, 15) is 9.59 Å². The molecule has 1 aliphatic rings. The Morgan fingerprint density at radius 3 is 2.47 bits per heavy atom. The molecule has 2 rings (SSSR count). The summed E-state index contributed by atoms with van der Waals surface area (Å²) < 4.78 is 1.77. The van der Waals surface area contributed by atoms with Crippen molar-refractivity contribution >= 4 is 11.9 Å². The van der Waals surface area contributed by atoms with Crippen LogP contribution in [0.25, 0.3) is 0 Å². The van der Waals surface area contributed by atoms with Crippen molar-refractivity contribution in [2.45, 2.75) is 39.2 Å². The minimum Gasteiger partial charge on any atom is -0.478 e. The van der Waals surface area contributed by atoms with Crippen LogP contribution in [-0.2, 0) is 11.3 Å². The number of hydrogen-bond acceptors (Lipinski definition) is 2. The van der Waals surface area contributed by atoms with Gasteiger partial charge in [-0.25, -0.2) is 4.79 Å². The largest absolute Gasteiger partial charge is 0.478 e. The summed E-state index contributed by atoms with van der Waals surface area (Å²) in [7, 11) is 0. The third kappa shape index (κ3) is 2.80. The number of rotatable bonds is 4. The van der Waals surface area contributed by atoms with Gasteiger partial charge in [-0.3, -0.25) is 4.79 Å². The van der Waals surface area contributed by atoms with E-state index in [1.807, 2.05) is 18.7 Å². The zero-order valence-corrected chi connectivity index (χ0v) is 11.4. The van der Waals surface area contributed by atoms with Gasteiger partial charge in [-0.05, 0) is 24.8 Å². The Hall–Kier alpha value is -1.78. The number of carboxylic acids is 1. The van der Waals surface area contributed by atoms with Crippen molar-refractivity contribution in [3.63, 3.8) is 0 Å². The molecule has 5 heteroatoms. The first-order valence-electron chi connectivity index (χ1n) is 6.70. The molecular formula is C14H20N2O3. The number of hydrogen-bond donors (Lipinski definition) is 1. The highest BCUT2D eigenvalue weighted by atomic mass is 16.4. The van der Waals surface area contributed by atoms with Crippen LogP contribution >= 0.6 is 0 Å². The van der Waals surface area contributed by atoms with Gasteiger partial charge in [0.2, 0.25) is 5.91 Å². The van der Waals surface area contributed by atoms with E-state index in [-0.39, 0.29) is 18.4 Å². The first-order valence-corrected chi connectivity index (χ1v) is 6.70. The predicted octanol–water partition coefficient (Wildman–Crippen LogP) is 1.93. The maximum atomic E-state index is 12.1. The molecule has 1 N–H and O–H groups in total.